The number of imidazole rings is 1. The third-order valence-electron chi connectivity index (χ3n) is 4.06. The molecule has 0 saturated heterocycles. The normalized spacial score (nSPS) is 10.4. The molecule has 3 rings (SSSR count). The maximum absolute atomic E-state index is 11.9. The molecule has 26 heavy (non-hydrogen) atoms. The molecule has 0 amide bonds. The molecule has 2 aromatic carbocycles. The van der Waals surface area contributed by atoms with Crippen LogP contribution in [0.25, 0.3) is 11.1 Å². The summed E-state index contributed by atoms with van der Waals surface area (Å²) in [7, 11) is 2.71. The highest BCUT2D eigenvalue weighted by Gasteiger charge is 2.13. The van der Waals surface area contributed by atoms with Gasteiger partial charge < -0.3 is 14.0 Å². The average Bonchev–Trinajstić information content (AvgIpc) is 3.20. The summed E-state index contributed by atoms with van der Waals surface area (Å²) in [6.07, 6.45) is 5.28. The lowest BCUT2D eigenvalue weighted by Crippen LogP contribution is -2.05. The van der Waals surface area contributed by atoms with Crippen LogP contribution in [0.2, 0.25) is 0 Å². The fourth-order valence-electron chi connectivity index (χ4n) is 2.73. The summed E-state index contributed by atoms with van der Waals surface area (Å²) >= 11 is 0. The zero-order valence-electron chi connectivity index (χ0n) is 14.5. The van der Waals surface area contributed by atoms with Gasteiger partial charge in [0.1, 0.15) is 0 Å². The van der Waals surface area contributed by atoms with E-state index in [0.29, 0.717) is 17.7 Å². The standard InChI is InChI=1S/C20H18N2O4/c1-25-19(23)15-5-3-14(4-6-15)18-8-7-16(20(24)26-2)11-17(18)12-22-10-9-21-13-22/h3-11,13H,12H2,1-2H3. The summed E-state index contributed by atoms with van der Waals surface area (Å²) in [6.45, 7) is 0.554. The highest BCUT2D eigenvalue weighted by Crippen LogP contribution is 2.26. The number of esters is 2. The lowest BCUT2D eigenvalue weighted by atomic mass is 9.96. The van der Waals surface area contributed by atoms with Crippen molar-refractivity contribution in [1.29, 1.82) is 0 Å². The lowest BCUT2D eigenvalue weighted by molar-refractivity contribution is 0.0591. The van der Waals surface area contributed by atoms with Gasteiger partial charge in [-0.3, -0.25) is 0 Å². The average molecular weight is 350 g/mol. The van der Waals surface area contributed by atoms with Gasteiger partial charge >= 0.3 is 11.9 Å². The van der Waals surface area contributed by atoms with Gasteiger partial charge in [0.15, 0.2) is 0 Å². The minimum atomic E-state index is -0.385. The van der Waals surface area contributed by atoms with E-state index in [4.69, 9.17) is 9.47 Å². The van der Waals surface area contributed by atoms with Gasteiger partial charge in [-0.1, -0.05) is 18.2 Å². The summed E-state index contributed by atoms with van der Waals surface area (Å²) in [5.41, 5.74) is 3.81. The largest absolute Gasteiger partial charge is 0.465 e. The van der Waals surface area contributed by atoms with Gasteiger partial charge in [0.05, 0.1) is 31.7 Å². The molecule has 0 fully saturated rings. The highest BCUT2D eigenvalue weighted by molar-refractivity contribution is 5.91. The van der Waals surface area contributed by atoms with E-state index in [1.54, 1.807) is 30.7 Å². The van der Waals surface area contributed by atoms with Crippen molar-refractivity contribution in [3.63, 3.8) is 0 Å². The quantitative estimate of drug-likeness (QED) is 0.661. The van der Waals surface area contributed by atoms with E-state index in [1.807, 2.05) is 35.0 Å². The Morgan fingerprint density at radius 2 is 1.62 bits per heavy atom. The number of rotatable bonds is 5. The summed E-state index contributed by atoms with van der Waals surface area (Å²) in [5.74, 6) is -0.763. The molecule has 0 unspecified atom stereocenters. The summed E-state index contributed by atoms with van der Waals surface area (Å²) in [5, 5.41) is 0. The van der Waals surface area contributed by atoms with E-state index < -0.39 is 0 Å². The predicted molar refractivity (Wildman–Crippen MR) is 95.9 cm³/mol. The maximum atomic E-state index is 11.9. The van der Waals surface area contributed by atoms with Gasteiger partial charge in [-0.15, -0.1) is 0 Å². The van der Waals surface area contributed by atoms with Crippen LogP contribution in [0.1, 0.15) is 26.3 Å². The van der Waals surface area contributed by atoms with Gasteiger partial charge in [-0.2, -0.15) is 0 Å². The summed E-state index contributed by atoms with van der Waals surface area (Å²) in [4.78, 5) is 27.5. The first-order chi connectivity index (χ1) is 12.6. The minimum absolute atomic E-state index is 0.378. The molecule has 0 radical (unpaired) electrons. The number of hydrogen-bond acceptors (Lipinski definition) is 5. The van der Waals surface area contributed by atoms with Crippen molar-refractivity contribution in [2.75, 3.05) is 14.2 Å². The smallest absolute Gasteiger partial charge is 0.337 e. The lowest BCUT2D eigenvalue weighted by Gasteiger charge is -2.13. The number of carbonyl (C=O) groups is 2. The molecule has 0 N–H and O–H groups in total. The maximum Gasteiger partial charge on any atom is 0.337 e. The molecule has 6 nitrogen and oxygen atoms in total. The van der Waals surface area contributed by atoms with Crippen molar-refractivity contribution < 1.29 is 19.1 Å². The van der Waals surface area contributed by atoms with Gasteiger partial charge in [0.25, 0.3) is 0 Å². The van der Waals surface area contributed by atoms with Crippen molar-refractivity contribution in [2.24, 2.45) is 0 Å². The zero-order valence-corrected chi connectivity index (χ0v) is 14.5. The second-order valence-electron chi connectivity index (χ2n) is 5.67. The second kappa shape index (κ2) is 7.65. The Balaban J connectivity index is 2.01. The Morgan fingerprint density at radius 3 is 2.23 bits per heavy atom. The van der Waals surface area contributed by atoms with E-state index in [2.05, 4.69) is 4.98 Å². The Hall–Kier alpha value is -3.41. The van der Waals surface area contributed by atoms with Crippen LogP contribution in [0.15, 0.2) is 61.2 Å². The molecule has 1 aromatic heterocycles. The number of nitrogens with zero attached hydrogens (tertiary/aromatic N) is 2. The Bertz CT molecular complexity index is 915. The predicted octanol–water partition coefficient (Wildman–Crippen LogP) is 3.17. The van der Waals surface area contributed by atoms with Crippen molar-refractivity contribution in [3.8, 4) is 11.1 Å². The van der Waals surface area contributed by atoms with Crippen LogP contribution >= 0.6 is 0 Å². The molecule has 0 aliphatic rings. The number of ether oxygens (including phenoxy) is 2. The van der Waals surface area contributed by atoms with Crippen LogP contribution < -0.4 is 0 Å². The SMILES string of the molecule is COC(=O)c1ccc(-c2ccc(C(=O)OC)cc2Cn2ccnc2)cc1. The second-order valence-corrected chi connectivity index (χ2v) is 5.67. The number of aromatic nitrogens is 2. The monoisotopic (exact) mass is 350 g/mol. The molecule has 0 bridgehead atoms. The number of benzene rings is 2. The highest BCUT2D eigenvalue weighted by atomic mass is 16.5. The van der Waals surface area contributed by atoms with Crippen LogP contribution in [-0.2, 0) is 16.0 Å². The van der Waals surface area contributed by atoms with Crippen LogP contribution in [0.5, 0.6) is 0 Å². The molecule has 0 saturated carbocycles. The van der Waals surface area contributed by atoms with E-state index in [-0.39, 0.29) is 11.9 Å². The zero-order chi connectivity index (χ0) is 18.5. The van der Waals surface area contributed by atoms with Gasteiger partial charge in [-0.25, -0.2) is 14.6 Å². The molecule has 6 heteroatoms. The molecule has 1 heterocycles. The fraction of sp³-hybridized carbons (Fsp3) is 0.150. The third-order valence-corrected chi connectivity index (χ3v) is 4.06. The first-order valence-electron chi connectivity index (χ1n) is 7.98. The van der Waals surface area contributed by atoms with Gasteiger partial charge in [0.2, 0.25) is 0 Å². The number of carbonyl (C=O) groups excluding carboxylic acids is 2. The van der Waals surface area contributed by atoms with Crippen LogP contribution in [0, 0.1) is 0 Å². The molecule has 0 aliphatic heterocycles. The van der Waals surface area contributed by atoms with Crippen molar-refractivity contribution in [3.05, 3.63) is 77.9 Å². The molecule has 3 aromatic rings. The summed E-state index contributed by atoms with van der Waals surface area (Å²) in [6, 6.07) is 12.6. The Labute approximate surface area is 151 Å². The van der Waals surface area contributed by atoms with E-state index in [0.717, 1.165) is 16.7 Å². The first kappa shape index (κ1) is 17.4. The molecular weight excluding hydrogens is 332 g/mol. The number of hydrogen-bond donors (Lipinski definition) is 0. The van der Waals surface area contributed by atoms with Crippen LogP contribution in [0.4, 0.5) is 0 Å². The Morgan fingerprint density at radius 1 is 0.962 bits per heavy atom. The molecular formula is C20H18N2O4. The molecule has 132 valence electrons. The van der Waals surface area contributed by atoms with Crippen molar-refractivity contribution in [1.82, 2.24) is 9.55 Å². The van der Waals surface area contributed by atoms with E-state index in [1.165, 1.54) is 14.2 Å². The van der Waals surface area contributed by atoms with Crippen molar-refractivity contribution in [2.45, 2.75) is 6.54 Å². The van der Waals surface area contributed by atoms with Crippen LogP contribution in [0.3, 0.4) is 0 Å². The van der Waals surface area contributed by atoms with Crippen molar-refractivity contribution >= 4 is 11.9 Å². The topological polar surface area (TPSA) is 70.4 Å². The number of methoxy groups -OCH3 is 2. The van der Waals surface area contributed by atoms with E-state index in [9.17, 15) is 9.59 Å². The summed E-state index contributed by atoms with van der Waals surface area (Å²) < 4.78 is 11.5. The van der Waals surface area contributed by atoms with Crippen LogP contribution in [-0.4, -0.2) is 35.7 Å². The van der Waals surface area contributed by atoms with Gasteiger partial charge in [0, 0.05) is 18.9 Å². The molecule has 0 atom stereocenters. The third kappa shape index (κ3) is 3.64. The first-order valence-corrected chi connectivity index (χ1v) is 7.98. The Kier molecular flexibility index (Phi) is 5.12. The fourth-order valence-corrected chi connectivity index (χ4v) is 2.73. The molecule has 0 spiro atoms. The van der Waals surface area contributed by atoms with Gasteiger partial charge in [-0.05, 0) is 41.0 Å². The minimum Gasteiger partial charge on any atom is -0.465 e. The molecule has 0 aliphatic carbocycles. The van der Waals surface area contributed by atoms with E-state index >= 15 is 0 Å².